The number of hydrogen-bond acceptors (Lipinski definition) is 5. The number of nitrogens with zero attached hydrogens (tertiary/aromatic N) is 1. The highest BCUT2D eigenvalue weighted by Gasteiger charge is 2.73. The summed E-state index contributed by atoms with van der Waals surface area (Å²) in [6, 6.07) is 9.87. The molecule has 0 unspecified atom stereocenters. The molecule has 1 amide bonds. The van der Waals surface area contributed by atoms with Crippen molar-refractivity contribution in [2.45, 2.75) is 81.1 Å². The molecular weight excluding hydrogens is 509 g/mol. The Bertz CT molecular complexity index is 1280. The lowest BCUT2D eigenvalue weighted by Crippen LogP contribution is -2.82. The second-order valence-electron chi connectivity index (χ2n) is 11.8. The molecule has 1 spiro atoms. The quantitative estimate of drug-likeness (QED) is 0.499. The topological polar surface area (TPSA) is 73.8 Å². The number of phenolic OH excluding ortho intramolecular Hbond substituents is 1. The number of amides is 1. The average Bonchev–Trinajstić information content (AvgIpc) is 3.60. The zero-order valence-corrected chi connectivity index (χ0v) is 22.5. The molecule has 196 valence electrons. The van der Waals surface area contributed by atoms with Gasteiger partial charge in [-0.1, -0.05) is 35.3 Å². The Morgan fingerprint density at radius 2 is 2.00 bits per heavy atom. The van der Waals surface area contributed by atoms with E-state index in [1.165, 1.54) is 18.4 Å². The molecule has 5 aliphatic rings. The van der Waals surface area contributed by atoms with Gasteiger partial charge in [-0.05, 0) is 80.3 Å². The van der Waals surface area contributed by atoms with Gasteiger partial charge in [0.2, 0.25) is 5.91 Å². The number of likely N-dealkylation sites (tertiary alicyclic amines) is 1. The van der Waals surface area contributed by atoms with E-state index in [0.717, 1.165) is 55.8 Å². The van der Waals surface area contributed by atoms with Crippen LogP contribution < -0.4 is 15.4 Å². The summed E-state index contributed by atoms with van der Waals surface area (Å²) in [5, 5.41) is 19.3. The molecule has 8 heteroatoms. The first-order chi connectivity index (χ1) is 17.8. The standard InChI is InChI=1S/C29H33Cl2N3O3/c1-16(35)33-29-9-8-22(32-14-18-4-6-20(30)21(31)12-18)27-28(29)10-11-34(15-17-2-3-17)24(29)13-19-5-7-23(36)26(37-27)25(19)28/h4-7,12,17,22,24,27,32,36H,2-3,8-11,13-15H2,1H3,(H,33,35)/t22-,24+,27-,28-,29+/m0/s1. The Hall–Kier alpha value is -1.99. The minimum Gasteiger partial charge on any atom is -0.504 e. The third-order valence-electron chi connectivity index (χ3n) is 9.77. The monoisotopic (exact) mass is 541 g/mol. The fourth-order valence-corrected chi connectivity index (χ4v) is 8.52. The summed E-state index contributed by atoms with van der Waals surface area (Å²) in [5.74, 6) is 1.60. The number of carbonyl (C=O) groups is 1. The minimum atomic E-state index is -0.426. The molecule has 2 aromatic carbocycles. The lowest BCUT2D eigenvalue weighted by Gasteiger charge is -2.66. The van der Waals surface area contributed by atoms with Crippen molar-refractivity contribution in [3.8, 4) is 11.5 Å². The van der Waals surface area contributed by atoms with Crippen LogP contribution in [0.4, 0.5) is 0 Å². The predicted octanol–water partition coefficient (Wildman–Crippen LogP) is 4.57. The number of aromatic hydroxyl groups is 1. The third kappa shape index (κ3) is 3.48. The molecular formula is C29H33Cl2N3O3. The lowest BCUT2D eigenvalue weighted by molar-refractivity contribution is -0.135. The first-order valence-electron chi connectivity index (χ1n) is 13.5. The van der Waals surface area contributed by atoms with Crippen LogP contribution in [-0.4, -0.2) is 52.7 Å². The van der Waals surface area contributed by atoms with E-state index in [9.17, 15) is 9.90 Å². The largest absolute Gasteiger partial charge is 0.504 e. The first kappa shape index (κ1) is 24.1. The fraction of sp³-hybridized carbons (Fsp3) is 0.552. The summed E-state index contributed by atoms with van der Waals surface area (Å²) >= 11 is 12.4. The van der Waals surface area contributed by atoms with Crippen LogP contribution in [0.3, 0.4) is 0 Å². The van der Waals surface area contributed by atoms with Crippen LogP contribution in [0.25, 0.3) is 0 Å². The van der Waals surface area contributed by atoms with E-state index < -0.39 is 11.0 Å². The van der Waals surface area contributed by atoms with Gasteiger partial charge < -0.3 is 20.5 Å². The number of carbonyl (C=O) groups excluding carboxylic acids is 1. The molecule has 7 rings (SSSR count). The summed E-state index contributed by atoms with van der Waals surface area (Å²) in [4.78, 5) is 15.5. The molecule has 6 nitrogen and oxygen atoms in total. The Labute approximate surface area is 227 Å². The number of hydrogen-bond donors (Lipinski definition) is 3. The van der Waals surface area contributed by atoms with E-state index in [-0.39, 0.29) is 29.8 Å². The van der Waals surface area contributed by atoms with Crippen molar-refractivity contribution in [1.29, 1.82) is 0 Å². The second-order valence-corrected chi connectivity index (χ2v) is 12.6. The number of nitrogens with one attached hydrogen (secondary N) is 2. The van der Waals surface area contributed by atoms with Crippen molar-refractivity contribution in [3.63, 3.8) is 0 Å². The molecule has 0 aromatic heterocycles. The summed E-state index contributed by atoms with van der Waals surface area (Å²) < 4.78 is 6.76. The van der Waals surface area contributed by atoms with Crippen molar-refractivity contribution >= 4 is 29.1 Å². The highest BCUT2D eigenvalue weighted by Crippen LogP contribution is 2.65. The van der Waals surface area contributed by atoms with Crippen LogP contribution in [0.15, 0.2) is 30.3 Å². The smallest absolute Gasteiger partial charge is 0.217 e. The van der Waals surface area contributed by atoms with Crippen molar-refractivity contribution in [2.75, 3.05) is 13.1 Å². The highest BCUT2D eigenvalue weighted by molar-refractivity contribution is 6.42. The van der Waals surface area contributed by atoms with Crippen LogP contribution in [0.5, 0.6) is 11.5 Å². The highest BCUT2D eigenvalue weighted by atomic mass is 35.5. The Morgan fingerprint density at radius 1 is 1.16 bits per heavy atom. The molecule has 2 heterocycles. The van der Waals surface area contributed by atoms with Gasteiger partial charge in [-0.2, -0.15) is 0 Å². The molecule has 1 saturated heterocycles. The number of halogens is 2. The van der Waals surface area contributed by atoms with Crippen LogP contribution >= 0.6 is 23.2 Å². The maximum absolute atomic E-state index is 12.8. The van der Waals surface area contributed by atoms with Crippen LogP contribution in [0.1, 0.15) is 55.7 Å². The number of phenols is 1. The zero-order valence-electron chi connectivity index (χ0n) is 21.0. The number of ether oxygens (including phenoxy) is 1. The molecule has 0 radical (unpaired) electrons. The van der Waals surface area contributed by atoms with Crippen LogP contribution in [0, 0.1) is 5.92 Å². The Balaban J connectivity index is 1.31. The van der Waals surface area contributed by atoms with Crippen molar-refractivity contribution in [3.05, 3.63) is 57.1 Å². The molecule has 37 heavy (non-hydrogen) atoms. The van der Waals surface area contributed by atoms with Crippen molar-refractivity contribution < 1.29 is 14.6 Å². The summed E-state index contributed by atoms with van der Waals surface area (Å²) in [7, 11) is 0. The maximum Gasteiger partial charge on any atom is 0.217 e. The van der Waals surface area contributed by atoms with Crippen LogP contribution in [0.2, 0.25) is 10.0 Å². The zero-order chi connectivity index (χ0) is 25.5. The average molecular weight is 543 g/mol. The lowest BCUT2D eigenvalue weighted by atomic mass is 9.46. The SMILES string of the molecule is CC(=O)N[C@@]12CC[C@H](NCc3ccc(Cl)c(Cl)c3)[C@@H]3Oc4c(O)ccc5c4[C@@]31CCN(CC1CC1)[C@@H]2C5. The molecule has 2 aliphatic heterocycles. The van der Waals surface area contributed by atoms with Crippen molar-refractivity contribution in [2.24, 2.45) is 5.92 Å². The summed E-state index contributed by atoms with van der Waals surface area (Å²) in [6.45, 7) is 4.37. The summed E-state index contributed by atoms with van der Waals surface area (Å²) in [5.41, 5.74) is 2.63. The third-order valence-corrected chi connectivity index (χ3v) is 10.5. The number of piperidine rings is 1. The van der Waals surface area contributed by atoms with Gasteiger partial charge in [0, 0.05) is 37.7 Å². The minimum absolute atomic E-state index is 0.00988. The van der Waals surface area contributed by atoms with Gasteiger partial charge in [0.25, 0.3) is 0 Å². The summed E-state index contributed by atoms with van der Waals surface area (Å²) in [6.07, 6.45) is 5.93. The van der Waals surface area contributed by atoms with Gasteiger partial charge in [-0.15, -0.1) is 0 Å². The molecule has 3 N–H and O–H groups in total. The van der Waals surface area contributed by atoms with E-state index in [1.807, 2.05) is 18.2 Å². The number of benzene rings is 2. The van der Waals surface area contributed by atoms with Gasteiger partial charge in [-0.25, -0.2) is 0 Å². The van der Waals surface area contributed by atoms with Gasteiger partial charge in [0.1, 0.15) is 6.10 Å². The Morgan fingerprint density at radius 3 is 2.76 bits per heavy atom. The first-order valence-corrected chi connectivity index (χ1v) is 14.3. The van der Waals surface area contributed by atoms with E-state index in [1.54, 1.807) is 13.0 Å². The van der Waals surface area contributed by atoms with Gasteiger partial charge in [0.15, 0.2) is 11.5 Å². The maximum atomic E-state index is 12.8. The molecule has 2 bridgehead atoms. The molecule has 3 fully saturated rings. The van der Waals surface area contributed by atoms with E-state index in [2.05, 4.69) is 21.6 Å². The molecule has 2 aromatic rings. The number of rotatable bonds is 6. The molecule has 5 atom stereocenters. The van der Waals surface area contributed by atoms with E-state index >= 15 is 0 Å². The Kier molecular flexibility index (Phi) is 5.53. The normalized spacial score (nSPS) is 33.5. The van der Waals surface area contributed by atoms with Gasteiger partial charge in [-0.3, -0.25) is 9.69 Å². The van der Waals surface area contributed by atoms with Gasteiger partial charge >= 0.3 is 0 Å². The van der Waals surface area contributed by atoms with Gasteiger partial charge in [0.05, 0.1) is 21.0 Å². The second kappa shape index (κ2) is 8.51. The fourth-order valence-electron chi connectivity index (χ4n) is 8.20. The molecule has 2 saturated carbocycles. The van der Waals surface area contributed by atoms with Crippen molar-refractivity contribution in [1.82, 2.24) is 15.5 Å². The molecule has 3 aliphatic carbocycles. The predicted molar refractivity (Wildman–Crippen MR) is 143 cm³/mol. The van der Waals surface area contributed by atoms with Crippen LogP contribution in [-0.2, 0) is 23.2 Å². The van der Waals surface area contributed by atoms with E-state index in [0.29, 0.717) is 22.3 Å². The van der Waals surface area contributed by atoms with E-state index in [4.69, 9.17) is 27.9 Å².